The van der Waals surface area contributed by atoms with Gasteiger partial charge in [-0.05, 0) is 16.7 Å². The van der Waals surface area contributed by atoms with E-state index in [1.54, 1.807) is 54.6 Å². The molecule has 3 aromatic rings. The molecular formula is C21H15NdO6. The number of carboxylic acids is 3. The summed E-state index contributed by atoms with van der Waals surface area (Å²) in [5.41, 5.74) is 0.660. The van der Waals surface area contributed by atoms with Crippen molar-refractivity contribution in [3.8, 4) is 0 Å². The van der Waals surface area contributed by atoms with Gasteiger partial charge in [0.05, 0.1) is 17.9 Å². The number of rotatable bonds is 3. The van der Waals surface area contributed by atoms with E-state index in [2.05, 4.69) is 0 Å². The predicted molar refractivity (Wildman–Crippen MR) is 92.3 cm³/mol. The fourth-order valence-electron chi connectivity index (χ4n) is 1.72. The van der Waals surface area contributed by atoms with Crippen molar-refractivity contribution >= 4 is 17.9 Å². The van der Waals surface area contributed by atoms with Crippen LogP contribution in [0.2, 0.25) is 0 Å². The fourth-order valence-corrected chi connectivity index (χ4v) is 1.72. The van der Waals surface area contributed by atoms with E-state index >= 15 is 0 Å². The molecule has 0 saturated heterocycles. The van der Waals surface area contributed by atoms with Crippen molar-refractivity contribution < 1.29 is 70.5 Å². The molecule has 3 rings (SSSR count). The van der Waals surface area contributed by atoms with Crippen molar-refractivity contribution in [1.82, 2.24) is 0 Å². The quantitative estimate of drug-likeness (QED) is 0.498. The predicted octanol–water partition coefficient (Wildman–Crippen LogP) is 0.150. The number of carboxylic acid groups (broad SMARTS) is 3. The summed E-state index contributed by atoms with van der Waals surface area (Å²) >= 11 is 0. The average molecular weight is 508 g/mol. The van der Waals surface area contributed by atoms with Crippen molar-refractivity contribution in [2.45, 2.75) is 0 Å². The molecule has 1 radical (unpaired) electrons. The largest absolute Gasteiger partial charge is 3.00 e. The Kier molecular flexibility index (Phi) is 13.1. The van der Waals surface area contributed by atoms with Crippen LogP contribution < -0.4 is 15.3 Å². The third-order valence-electron chi connectivity index (χ3n) is 3.03. The molecule has 6 nitrogen and oxygen atoms in total. The molecule has 139 valence electrons. The van der Waals surface area contributed by atoms with E-state index in [1.165, 1.54) is 36.4 Å². The minimum absolute atomic E-state index is 0. The van der Waals surface area contributed by atoms with Crippen LogP contribution in [0.25, 0.3) is 0 Å². The Bertz CT molecular complexity index is 734. The minimum Gasteiger partial charge on any atom is -0.545 e. The van der Waals surface area contributed by atoms with Gasteiger partial charge in [-0.25, -0.2) is 0 Å². The third-order valence-corrected chi connectivity index (χ3v) is 3.03. The maximum absolute atomic E-state index is 10.1. The molecule has 7 heteroatoms. The van der Waals surface area contributed by atoms with Crippen molar-refractivity contribution in [3.63, 3.8) is 0 Å². The molecule has 0 fully saturated rings. The van der Waals surface area contributed by atoms with E-state index in [4.69, 9.17) is 0 Å². The van der Waals surface area contributed by atoms with Gasteiger partial charge in [0.15, 0.2) is 0 Å². The molecule has 0 heterocycles. The van der Waals surface area contributed by atoms with Crippen molar-refractivity contribution in [1.29, 1.82) is 0 Å². The molecule has 0 atom stereocenters. The second kappa shape index (κ2) is 14.5. The van der Waals surface area contributed by atoms with Gasteiger partial charge in [0.25, 0.3) is 0 Å². The van der Waals surface area contributed by atoms with Gasteiger partial charge < -0.3 is 29.7 Å². The Morgan fingerprint density at radius 2 is 0.607 bits per heavy atom. The summed E-state index contributed by atoms with van der Waals surface area (Å²) in [4.78, 5) is 30.3. The van der Waals surface area contributed by atoms with Gasteiger partial charge in [-0.2, -0.15) is 0 Å². The summed E-state index contributed by atoms with van der Waals surface area (Å²) in [6, 6.07) is 24.2. The molecule has 0 bridgehead atoms. The first-order chi connectivity index (χ1) is 12.9. The van der Waals surface area contributed by atoms with Crippen LogP contribution in [-0.2, 0) is 0 Å². The van der Waals surface area contributed by atoms with E-state index in [9.17, 15) is 29.7 Å². The summed E-state index contributed by atoms with van der Waals surface area (Å²) in [6.07, 6.45) is 0. The molecule has 0 amide bonds. The van der Waals surface area contributed by atoms with Crippen molar-refractivity contribution in [2.24, 2.45) is 0 Å². The molecule has 0 aliphatic rings. The van der Waals surface area contributed by atoms with Crippen LogP contribution in [0.5, 0.6) is 0 Å². The second-order valence-corrected chi connectivity index (χ2v) is 4.96. The average Bonchev–Trinajstić information content (AvgIpc) is 2.71. The Hall–Kier alpha value is -2.58. The normalized spacial score (nSPS) is 8.57. The number of carbonyl (C=O) groups excluding carboxylic acids is 3. The Morgan fingerprint density at radius 1 is 0.429 bits per heavy atom. The van der Waals surface area contributed by atoms with Gasteiger partial charge in [0.2, 0.25) is 0 Å². The summed E-state index contributed by atoms with van der Waals surface area (Å²) in [6.45, 7) is 0. The molecule has 0 aliphatic heterocycles. The van der Waals surface area contributed by atoms with E-state index in [0.717, 1.165) is 0 Å². The summed E-state index contributed by atoms with van der Waals surface area (Å²) in [5.74, 6) is -3.39. The summed E-state index contributed by atoms with van der Waals surface area (Å²) < 4.78 is 0. The van der Waals surface area contributed by atoms with Crippen molar-refractivity contribution in [3.05, 3.63) is 108 Å². The minimum atomic E-state index is -1.13. The first kappa shape index (κ1) is 25.4. The smallest absolute Gasteiger partial charge is 0.545 e. The zero-order valence-corrected chi connectivity index (χ0v) is 17.8. The van der Waals surface area contributed by atoms with Crippen LogP contribution in [0.1, 0.15) is 31.1 Å². The first-order valence-corrected chi connectivity index (χ1v) is 7.71. The first-order valence-electron chi connectivity index (χ1n) is 7.71. The van der Waals surface area contributed by atoms with Gasteiger partial charge in [-0.1, -0.05) is 91.0 Å². The number of hydrogen-bond acceptors (Lipinski definition) is 6. The van der Waals surface area contributed by atoms with Gasteiger partial charge >= 0.3 is 40.8 Å². The molecule has 0 spiro atoms. The Balaban J connectivity index is 0.000000384. The van der Waals surface area contributed by atoms with Crippen LogP contribution in [0.3, 0.4) is 0 Å². The van der Waals surface area contributed by atoms with Gasteiger partial charge in [0.1, 0.15) is 0 Å². The van der Waals surface area contributed by atoms with Gasteiger partial charge in [-0.15, -0.1) is 0 Å². The molecule has 0 N–H and O–H groups in total. The number of carbonyl (C=O) groups is 3. The summed E-state index contributed by atoms with van der Waals surface area (Å²) in [5, 5.41) is 30.3. The topological polar surface area (TPSA) is 120 Å². The Labute approximate surface area is 195 Å². The zero-order chi connectivity index (χ0) is 20.1. The zero-order valence-electron chi connectivity index (χ0n) is 14.6. The Morgan fingerprint density at radius 3 is 0.714 bits per heavy atom. The fraction of sp³-hybridized carbons (Fsp3) is 0. The van der Waals surface area contributed by atoms with E-state index in [0.29, 0.717) is 0 Å². The SMILES string of the molecule is O=C([O-])c1ccccc1.O=C([O-])c1ccccc1.O=C([O-])c1ccccc1.[Nd+3]. The monoisotopic (exact) mass is 505 g/mol. The van der Waals surface area contributed by atoms with Crippen LogP contribution >= 0.6 is 0 Å². The van der Waals surface area contributed by atoms with Gasteiger partial charge in [-0.3, -0.25) is 0 Å². The number of benzene rings is 3. The molecule has 0 unspecified atom stereocenters. The van der Waals surface area contributed by atoms with E-state index in [-0.39, 0.29) is 57.5 Å². The molecule has 0 aliphatic carbocycles. The standard InChI is InChI=1S/3C7H6O2.Nd/c3*8-7(9)6-4-2-1-3-5-6;/h3*1-5H,(H,8,9);/q;;;+3/p-3. The van der Waals surface area contributed by atoms with Gasteiger partial charge in [0, 0.05) is 0 Å². The maximum atomic E-state index is 10.1. The number of hydrogen-bond donors (Lipinski definition) is 0. The van der Waals surface area contributed by atoms with Crippen LogP contribution in [0.15, 0.2) is 91.0 Å². The van der Waals surface area contributed by atoms with E-state index in [1.807, 2.05) is 0 Å². The molecule has 0 aromatic heterocycles. The van der Waals surface area contributed by atoms with Crippen LogP contribution in [-0.4, -0.2) is 17.9 Å². The molecule has 28 heavy (non-hydrogen) atoms. The maximum Gasteiger partial charge on any atom is 3.00 e. The summed E-state index contributed by atoms with van der Waals surface area (Å²) in [7, 11) is 0. The van der Waals surface area contributed by atoms with E-state index < -0.39 is 17.9 Å². The second-order valence-electron chi connectivity index (χ2n) is 4.96. The van der Waals surface area contributed by atoms with Crippen LogP contribution in [0.4, 0.5) is 0 Å². The molecular weight excluding hydrogens is 492 g/mol. The molecule has 3 aromatic carbocycles. The molecule has 0 saturated carbocycles. The number of aromatic carboxylic acids is 3. The van der Waals surface area contributed by atoms with Crippen molar-refractivity contribution in [2.75, 3.05) is 0 Å². The van der Waals surface area contributed by atoms with Crippen LogP contribution in [0, 0.1) is 40.8 Å². The third kappa shape index (κ3) is 10.5.